The predicted molar refractivity (Wildman–Crippen MR) is 63.5 cm³/mol. The quantitative estimate of drug-likeness (QED) is 0.671. The van der Waals surface area contributed by atoms with Crippen molar-refractivity contribution < 1.29 is 35.5 Å². The molecule has 0 heterocycles. The van der Waals surface area contributed by atoms with Crippen LogP contribution in [0.1, 0.15) is 5.56 Å². The standard InChI is InChI=1S/C14H7F7O/c15-11-6-5-8(7-10(11)13(16,17)18)9-3-1-2-4-12(9)22-14(19,20)21/h1-7H. The van der Waals surface area contributed by atoms with Crippen molar-refractivity contribution in [1.82, 2.24) is 0 Å². The second kappa shape index (κ2) is 5.51. The third kappa shape index (κ3) is 3.69. The van der Waals surface area contributed by atoms with Gasteiger partial charge < -0.3 is 4.74 Å². The van der Waals surface area contributed by atoms with Crippen LogP contribution < -0.4 is 4.74 Å². The summed E-state index contributed by atoms with van der Waals surface area (Å²) in [5.41, 5.74) is -2.04. The average molecular weight is 324 g/mol. The molecule has 2 rings (SSSR count). The van der Waals surface area contributed by atoms with Crippen LogP contribution in [0.25, 0.3) is 11.1 Å². The fourth-order valence-corrected chi connectivity index (χ4v) is 1.83. The second-order valence-electron chi connectivity index (χ2n) is 4.24. The Kier molecular flexibility index (Phi) is 4.04. The molecule has 8 heteroatoms. The molecule has 0 saturated heterocycles. The van der Waals surface area contributed by atoms with Gasteiger partial charge >= 0.3 is 12.5 Å². The van der Waals surface area contributed by atoms with E-state index in [1.165, 1.54) is 12.1 Å². The van der Waals surface area contributed by atoms with Crippen LogP contribution >= 0.6 is 0 Å². The third-order valence-electron chi connectivity index (χ3n) is 2.70. The molecule has 0 aliphatic carbocycles. The van der Waals surface area contributed by atoms with Gasteiger partial charge in [-0.15, -0.1) is 13.2 Å². The van der Waals surface area contributed by atoms with E-state index in [0.29, 0.717) is 12.1 Å². The van der Waals surface area contributed by atoms with E-state index < -0.39 is 29.7 Å². The minimum absolute atomic E-state index is 0.231. The number of alkyl halides is 6. The highest BCUT2D eigenvalue weighted by atomic mass is 19.4. The maximum atomic E-state index is 13.2. The van der Waals surface area contributed by atoms with E-state index in [2.05, 4.69) is 4.74 Å². The molecule has 2 aromatic rings. The summed E-state index contributed by atoms with van der Waals surface area (Å²) in [6.07, 6.45) is -9.96. The zero-order valence-electron chi connectivity index (χ0n) is 10.6. The van der Waals surface area contributed by atoms with Gasteiger partial charge in [0.2, 0.25) is 0 Å². The summed E-state index contributed by atoms with van der Waals surface area (Å²) in [5, 5.41) is 0. The first kappa shape index (κ1) is 16.1. The molecule has 118 valence electrons. The van der Waals surface area contributed by atoms with Crippen molar-refractivity contribution in [3.8, 4) is 16.9 Å². The Balaban J connectivity index is 2.54. The van der Waals surface area contributed by atoms with Crippen LogP contribution in [-0.4, -0.2) is 6.36 Å². The maximum absolute atomic E-state index is 13.2. The Bertz CT molecular complexity index is 674. The van der Waals surface area contributed by atoms with Crippen molar-refractivity contribution in [2.24, 2.45) is 0 Å². The number of hydrogen-bond donors (Lipinski definition) is 0. The van der Waals surface area contributed by atoms with E-state index in [-0.39, 0.29) is 11.1 Å². The molecule has 0 atom stereocenters. The van der Waals surface area contributed by atoms with Crippen LogP contribution in [0.5, 0.6) is 5.75 Å². The van der Waals surface area contributed by atoms with E-state index in [1.807, 2.05) is 0 Å². The Morgan fingerprint density at radius 1 is 0.818 bits per heavy atom. The minimum atomic E-state index is -5.00. The molecule has 0 aliphatic heterocycles. The van der Waals surface area contributed by atoms with Gasteiger partial charge in [-0.2, -0.15) is 13.2 Å². The first-order valence-electron chi connectivity index (χ1n) is 5.80. The minimum Gasteiger partial charge on any atom is -0.405 e. The summed E-state index contributed by atoms with van der Waals surface area (Å²) in [7, 11) is 0. The molecule has 0 spiro atoms. The first-order valence-corrected chi connectivity index (χ1v) is 5.80. The molecule has 22 heavy (non-hydrogen) atoms. The molecule has 0 radical (unpaired) electrons. The van der Waals surface area contributed by atoms with Gasteiger partial charge in [0.25, 0.3) is 0 Å². The molecule has 0 N–H and O–H groups in total. The van der Waals surface area contributed by atoms with Crippen molar-refractivity contribution in [2.75, 3.05) is 0 Å². The van der Waals surface area contributed by atoms with Crippen LogP contribution in [0, 0.1) is 5.82 Å². The van der Waals surface area contributed by atoms with E-state index in [9.17, 15) is 30.7 Å². The van der Waals surface area contributed by atoms with Gasteiger partial charge in [-0.05, 0) is 23.8 Å². The van der Waals surface area contributed by atoms with Crippen LogP contribution in [0.3, 0.4) is 0 Å². The fraction of sp³-hybridized carbons (Fsp3) is 0.143. The lowest BCUT2D eigenvalue weighted by atomic mass is 10.0. The lowest BCUT2D eigenvalue weighted by molar-refractivity contribution is -0.274. The largest absolute Gasteiger partial charge is 0.573 e. The third-order valence-corrected chi connectivity index (χ3v) is 2.70. The molecule has 2 aromatic carbocycles. The number of benzene rings is 2. The normalized spacial score (nSPS) is 12.3. The van der Waals surface area contributed by atoms with Crippen molar-refractivity contribution in [2.45, 2.75) is 12.5 Å². The van der Waals surface area contributed by atoms with Crippen LogP contribution in [0.15, 0.2) is 42.5 Å². The molecule has 0 aliphatic rings. The highest BCUT2D eigenvalue weighted by Gasteiger charge is 2.35. The summed E-state index contributed by atoms with van der Waals surface area (Å²) in [4.78, 5) is 0. The van der Waals surface area contributed by atoms with E-state index in [0.717, 1.165) is 18.2 Å². The SMILES string of the molecule is Fc1ccc(-c2ccccc2OC(F)(F)F)cc1C(F)(F)F. The summed E-state index contributed by atoms with van der Waals surface area (Å²) < 4.78 is 91.9. The van der Waals surface area contributed by atoms with E-state index >= 15 is 0 Å². The van der Waals surface area contributed by atoms with Crippen molar-refractivity contribution in [3.05, 3.63) is 53.8 Å². The number of hydrogen-bond acceptors (Lipinski definition) is 1. The molecule has 1 nitrogen and oxygen atoms in total. The van der Waals surface area contributed by atoms with E-state index in [4.69, 9.17) is 0 Å². The number of rotatable bonds is 2. The van der Waals surface area contributed by atoms with E-state index in [1.54, 1.807) is 0 Å². The second-order valence-corrected chi connectivity index (χ2v) is 4.24. The smallest absolute Gasteiger partial charge is 0.405 e. The van der Waals surface area contributed by atoms with Gasteiger partial charge in [0, 0.05) is 5.56 Å². The van der Waals surface area contributed by atoms with Crippen LogP contribution in [0.2, 0.25) is 0 Å². The molecule has 0 aromatic heterocycles. The number of para-hydroxylation sites is 1. The maximum Gasteiger partial charge on any atom is 0.573 e. The zero-order chi connectivity index (χ0) is 16.5. The number of halogens is 7. The highest BCUT2D eigenvalue weighted by Crippen LogP contribution is 2.38. The van der Waals surface area contributed by atoms with Crippen LogP contribution in [0.4, 0.5) is 30.7 Å². The Labute approximate surface area is 119 Å². The van der Waals surface area contributed by atoms with Gasteiger partial charge in [-0.25, -0.2) is 4.39 Å². The first-order chi connectivity index (χ1) is 10.1. The monoisotopic (exact) mass is 324 g/mol. The molecular weight excluding hydrogens is 317 g/mol. The molecule has 0 bridgehead atoms. The molecule has 0 unspecified atom stereocenters. The topological polar surface area (TPSA) is 9.23 Å². The van der Waals surface area contributed by atoms with Gasteiger partial charge in [0.15, 0.2) is 0 Å². The van der Waals surface area contributed by atoms with Gasteiger partial charge in [0.1, 0.15) is 11.6 Å². The lowest BCUT2D eigenvalue weighted by Gasteiger charge is -2.15. The Morgan fingerprint density at radius 3 is 2.05 bits per heavy atom. The highest BCUT2D eigenvalue weighted by molar-refractivity contribution is 5.71. The zero-order valence-corrected chi connectivity index (χ0v) is 10.6. The van der Waals surface area contributed by atoms with Crippen LogP contribution in [-0.2, 0) is 6.18 Å². The predicted octanol–water partition coefficient (Wildman–Crippen LogP) is 5.41. The Morgan fingerprint density at radius 2 is 1.45 bits per heavy atom. The molecule has 0 amide bonds. The number of ether oxygens (including phenoxy) is 1. The van der Waals surface area contributed by atoms with Crippen molar-refractivity contribution >= 4 is 0 Å². The van der Waals surface area contributed by atoms with Crippen molar-refractivity contribution in [3.63, 3.8) is 0 Å². The molecular formula is C14H7F7O. The summed E-state index contributed by atoms with van der Waals surface area (Å²) >= 11 is 0. The summed E-state index contributed by atoms with van der Waals surface area (Å²) in [5.74, 6) is -2.18. The fourth-order valence-electron chi connectivity index (χ4n) is 1.83. The van der Waals surface area contributed by atoms with Crippen molar-refractivity contribution in [1.29, 1.82) is 0 Å². The van der Waals surface area contributed by atoms with Gasteiger partial charge in [-0.1, -0.05) is 24.3 Å². The lowest BCUT2D eigenvalue weighted by Crippen LogP contribution is -2.17. The van der Waals surface area contributed by atoms with Gasteiger partial charge in [0.05, 0.1) is 5.56 Å². The van der Waals surface area contributed by atoms with Gasteiger partial charge in [-0.3, -0.25) is 0 Å². The summed E-state index contributed by atoms with van der Waals surface area (Å²) in [6.45, 7) is 0. The Hall–Kier alpha value is -2.25. The molecule has 0 saturated carbocycles. The average Bonchev–Trinajstić information content (AvgIpc) is 2.37. The summed E-state index contributed by atoms with van der Waals surface area (Å²) in [6, 6.07) is 6.60. The molecule has 0 fully saturated rings.